The molecule has 10 heteroatoms. The van der Waals surface area contributed by atoms with Gasteiger partial charge in [-0.1, -0.05) is 19.8 Å². The molecule has 1 aliphatic heterocycles. The van der Waals surface area contributed by atoms with Crippen molar-refractivity contribution in [2.75, 3.05) is 11.9 Å². The summed E-state index contributed by atoms with van der Waals surface area (Å²) in [6.45, 7) is 3.35. The Hall–Kier alpha value is -2.36. The molecule has 1 aromatic heterocycles. The van der Waals surface area contributed by atoms with E-state index in [1.165, 1.54) is 6.20 Å². The predicted octanol–water partition coefficient (Wildman–Crippen LogP) is 3.19. The Bertz CT molecular complexity index is 780. The van der Waals surface area contributed by atoms with Crippen molar-refractivity contribution in [2.24, 2.45) is 17.6 Å². The molecule has 7 nitrogen and oxygen atoms in total. The first kappa shape index (κ1) is 22.3. The Kier molecular flexibility index (Phi) is 6.54. The van der Waals surface area contributed by atoms with Gasteiger partial charge in [0.2, 0.25) is 5.91 Å². The van der Waals surface area contributed by atoms with Crippen LogP contribution in [0.25, 0.3) is 0 Å². The third kappa shape index (κ3) is 5.03. The minimum absolute atomic E-state index is 0.121. The van der Waals surface area contributed by atoms with E-state index in [1.54, 1.807) is 19.1 Å². The van der Waals surface area contributed by atoms with Crippen molar-refractivity contribution < 1.29 is 22.8 Å². The van der Waals surface area contributed by atoms with Crippen LogP contribution in [0, 0.1) is 11.8 Å². The fourth-order valence-electron chi connectivity index (χ4n) is 4.10. The van der Waals surface area contributed by atoms with E-state index in [-0.39, 0.29) is 17.6 Å². The van der Waals surface area contributed by atoms with Crippen molar-refractivity contribution in [3.8, 4) is 0 Å². The number of nitrogens with one attached hydrogen (secondary N) is 2. The van der Waals surface area contributed by atoms with Crippen molar-refractivity contribution in [1.29, 1.82) is 0 Å². The van der Waals surface area contributed by atoms with E-state index in [0.717, 1.165) is 30.6 Å². The first-order valence-corrected chi connectivity index (χ1v) is 10.2. The largest absolute Gasteiger partial charge is 0.410 e. The lowest BCUT2D eigenvalue weighted by Crippen LogP contribution is -2.43. The summed E-state index contributed by atoms with van der Waals surface area (Å²) in [5.41, 5.74) is 6.72. The number of hydrogen-bond acceptors (Lipinski definition) is 4. The van der Waals surface area contributed by atoms with E-state index in [0.29, 0.717) is 11.5 Å². The van der Waals surface area contributed by atoms with Gasteiger partial charge in [-0.3, -0.25) is 4.79 Å². The number of anilines is 1. The molecule has 0 bridgehead atoms. The van der Waals surface area contributed by atoms with Gasteiger partial charge in [-0.2, -0.15) is 13.2 Å². The number of alkyl halides is 3. The molecule has 2 fully saturated rings. The fraction of sp³-hybridized carbons (Fsp3) is 0.650. The molecule has 1 saturated heterocycles. The van der Waals surface area contributed by atoms with E-state index in [4.69, 9.17) is 5.73 Å². The molecule has 0 aromatic carbocycles. The average molecular weight is 427 g/mol. The second-order valence-corrected chi connectivity index (χ2v) is 8.38. The Labute approximate surface area is 173 Å². The lowest BCUT2D eigenvalue weighted by Gasteiger charge is -2.29. The number of aromatic nitrogens is 1. The molecule has 0 spiro atoms. The van der Waals surface area contributed by atoms with Crippen molar-refractivity contribution in [1.82, 2.24) is 15.2 Å². The standard InChI is InChI=1S/C20H28F3N5O2/c1-11-3-5-13(6-4-11)17(24)18(29)27-16-9-14(7-8-25-16)12(2)28-10-15(20(21,22)23)26-19(28)30/h7-9,11-13,15,17H,3-6,10,24H2,1-2H3,(H,26,30)(H,25,27,29)/t11?,12-,13?,15+,17-/m1/s1. The monoisotopic (exact) mass is 427 g/mol. The molecule has 0 radical (unpaired) electrons. The molecule has 3 atom stereocenters. The molecule has 2 aliphatic rings. The van der Waals surface area contributed by atoms with E-state index >= 15 is 0 Å². The lowest BCUT2D eigenvalue weighted by atomic mass is 9.79. The van der Waals surface area contributed by atoms with Crippen LogP contribution in [-0.2, 0) is 4.79 Å². The molecule has 3 rings (SSSR count). The molecule has 30 heavy (non-hydrogen) atoms. The Morgan fingerprint density at radius 1 is 1.33 bits per heavy atom. The van der Waals surface area contributed by atoms with Gasteiger partial charge in [-0.15, -0.1) is 0 Å². The number of pyridine rings is 1. The zero-order valence-electron chi connectivity index (χ0n) is 17.1. The average Bonchev–Trinajstić information content (AvgIpc) is 3.10. The number of amides is 3. The summed E-state index contributed by atoms with van der Waals surface area (Å²) in [5.74, 6) is 0.700. The van der Waals surface area contributed by atoms with E-state index in [2.05, 4.69) is 17.2 Å². The highest BCUT2D eigenvalue weighted by molar-refractivity contribution is 5.94. The van der Waals surface area contributed by atoms with E-state index < -0.39 is 36.9 Å². The van der Waals surface area contributed by atoms with Crippen LogP contribution in [0.3, 0.4) is 0 Å². The molecule has 3 amide bonds. The molecular formula is C20H28F3N5O2. The zero-order valence-corrected chi connectivity index (χ0v) is 17.1. The molecule has 1 aliphatic carbocycles. The summed E-state index contributed by atoms with van der Waals surface area (Å²) in [7, 11) is 0. The minimum atomic E-state index is -4.51. The van der Waals surface area contributed by atoms with Crippen molar-refractivity contribution in [2.45, 2.75) is 63.8 Å². The van der Waals surface area contributed by atoms with Crippen molar-refractivity contribution in [3.05, 3.63) is 23.9 Å². The summed E-state index contributed by atoms with van der Waals surface area (Å²) in [6, 6.07) is -0.768. The molecule has 4 N–H and O–H groups in total. The first-order chi connectivity index (χ1) is 14.1. The number of nitrogens with two attached hydrogens (primary N) is 1. The van der Waals surface area contributed by atoms with Gasteiger partial charge in [0.05, 0.1) is 18.6 Å². The number of hydrogen-bond donors (Lipinski definition) is 3. The van der Waals surface area contributed by atoms with Gasteiger partial charge in [-0.05, 0) is 49.3 Å². The molecule has 2 heterocycles. The fourth-order valence-corrected chi connectivity index (χ4v) is 4.10. The second kappa shape index (κ2) is 8.79. The van der Waals surface area contributed by atoms with Crippen LogP contribution in [0.5, 0.6) is 0 Å². The molecule has 1 saturated carbocycles. The quantitative estimate of drug-likeness (QED) is 0.672. The number of urea groups is 1. The highest BCUT2D eigenvalue weighted by Gasteiger charge is 2.48. The van der Waals surface area contributed by atoms with Crippen LogP contribution in [0.15, 0.2) is 18.3 Å². The Balaban J connectivity index is 1.64. The van der Waals surface area contributed by atoms with Gasteiger partial charge < -0.3 is 21.3 Å². The van der Waals surface area contributed by atoms with Gasteiger partial charge in [0.15, 0.2) is 0 Å². The number of rotatable bonds is 5. The summed E-state index contributed by atoms with van der Waals surface area (Å²) >= 11 is 0. The van der Waals surface area contributed by atoms with Crippen LogP contribution in [0.2, 0.25) is 0 Å². The van der Waals surface area contributed by atoms with Crippen LogP contribution in [0.4, 0.5) is 23.8 Å². The zero-order chi connectivity index (χ0) is 22.1. The van der Waals surface area contributed by atoms with Gasteiger partial charge in [-0.25, -0.2) is 9.78 Å². The summed E-state index contributed by atoms with van der Waals surface area (Å²) in [6.07, 6.45) is 0.857. The molecular weight excluding hydrogens is 399 g/mol. The summed E-state index contributed by atoms with van der Waals surface area (Å²) in [4.78, 5) is 29.8. The molecule has 166 valence electrons. The number of carbonyl (C=O) groups is 2. The maximum absolute atomic E-state index is 12.9. The van der Waals surface area contributed by atoms with Gasteiger partial charge in [0.25, 0.3) is 0 Å². The highest BCUT2D eigenvalue weighted by atomic mass is 19.4. The highest BCUT2D eigenvalue weighted by Crippen LogP contribution is 2.31. The maximum atomic E-state index is 12.9. The molecule has 1 aromatic rings. The topological polar surface area (TPSA) is 100 Å². The third-order valence-electron chi connectivity index (χ3n) is 6.19. The second-order valence-electron chi connectivity index (χ2n) is 8.38. The first-order valence-electron chi connectivity index (χ1n) is 10.2. The molecule has 0 unspecified atom stereocenters. The smallest absolute Gasteiger partial charge is 0.324 e. The number of halogens is 3. The maximum Gasteiger partial charge on any atom is 0.410 e. The van der Waals surface area contributed by atoms with Gasteiger partial charge in [0, 0.05) is 6.20 Å². The number of carbonyl (C=O) groups excluding carboxylic acids is 2. The lowest BCUT2D eigenvalue weighted by molar-refractivity contribution is -0.150. The predicted molar refractivity (Wildman–Crippen MR) is 105 cm³/mol. The minimum Gasteiger partial charge on any atom is -0.324 e. The summed E-state index contributed by atoms with van der Waals surface area (Å²) in [5, 5.41) is 4.66. The normalized spacial score (nSPS) is 26.8. The van der Waals surface area contributed by atoms with Crippen molar-refractivity contribution in [3.63, 3.8) is 0 Å². The van der Waals surface area contributed by atoms with Crippen molar-refractivity contribution >= 4 is 17.8 Å². The van der Waals surface area contributed by atoms with Crippen LogP contribution >= 0.6 is 0 Å². The Morgan fingerprint density at radius 3 is 2.60 bits per heavy atom. The van der Waals surface area contributed by atoms with Gasteiger partial charge in [0.1, 0.15) is 11.9 Å². The summed E-state index contributed by atoms with van der Waals surface area (Å²) < 4.78 is 38.8. The third-order valence-corrected chi connectivity index (χ3v) is 6.19. The van der Waals surface area contributed by atoms with Crippen LogP contribution in [0.1, 0.15) is 51.1 Å². The SMILES string of the molecule is CC1CCC([C@@H](N)C(=O)Nc2cc([C@@H](C)N3C[C@@H](C(F)(F)F)NC3=O)ccn2)CC1. The van der Waals surface area contributed by atoms with E-state index in [1.807, 2.05) is 5.32 Å². The van der Waals surface area contributed by atoms with E-state index in [9.17, 15) is 22.8 Å². The Morgan fingerprint density at radius 2 is 2.00 bits per heavy atom. The number of nitrogens with zero attached hydrogens (tertiary/aromatic N) is 2. The van der Waals surface area contributed by atoms with Gasteiger partial charge >= 0.3 is 12.2 Å². The van der Waals surface area contributed by atoms with Crippen LogP contribution < -0.4 is 16.4 Å². The van der Waals surface area contributed by atoms with Crippen LogP contribution in [-0.4, -0.2) is 46.6 Å².